The van der Waals surface area contributed by atoms with E-state index in [0.717, 1.165) is 4.68 Å². The van der Waals surface area contributed by atoms with E-state index in [1.807, 2.05) is 0 Å². The minimum absolute atomic E-state index is 0.0362. The largest absolute Gasteiger partial charge is 0.335 e. The fraction of sp³-hybridized carbons (Fsp3) is 0. The van der Waals surface area contributed by atoms with Crippen molar-refractivity contribution in [1.29, 1.82) is 0 Å². The predicted octanol–water partition coefficient (Wildman–Crippen LogP) is 1.11. The zero-order valence-electron chi connectivity index (χ0n) is 9.39. The van der Waals surface area contributed by atoms with Gasteiger partial charge in [0.1, 0.15) is 6.33 Å². The van der Waals surface area contributed by atoms with Crippen molar-refractivity contribution in [2.24, 2.45) is 5.10 Å². The Hall–Kier alpha value is -2.49. The Kier molecular flexibility index (Phi) is 3.71. The lowest BCUT2D eigenvalue weighted by Gasteiger charge is -1.99. The van der Waals surface area contributed by atoms with Crippen LogP contribution in [-0.4, -0.2) is 26.0 Å². The Bertz CT molecular complexity index is 639. The Morgan fingerprint density at radius 3 is 3.00 bits per heavy atom. The summed E-state index contributed by atoms with van der Waals surface area (Å²) in [6.45, 7) is 0. The lowest BCUT2D eigenvalue weighted by atomic mass is 10.2. The molecule has 0 aliphatic rings. The SMILES string of the molecule is Nn1cnnc1N/N=C/c1ccc(Br)c([N+](=O)[O-])c1. The molecule has 1 aromatic carbocycles. The van der Waals surface area contributed by atoms with Crippen molar-refractivity contribution in [3.05, 3.63) is 44.7 Å². The fourth-order valence-corrected chi connectivity index (χ4v) is 1.63. The lowest BCUT2D eigenvalue weighted by molar-refractivity contribution is -0.385. The summed E-state index contributed by atoms with van der Waals surface area (Å²) in [5.41, 5.74) is 3.08. The predicted molar refractivity (Wildman–Crippen MR) is 72.2 cm³/mol. The van der Waals surface area contributed by atoms with E-state index in [9.17, 15) is 10.1 Å². The van der Waals surface area contributed by atoms with Crippen LogP contribution in [0.2, 0.25) is 0 Å². The fourth-order valence-electron chi connectivity index (χ4n) is 1.24. The summed E-state index contributed by atoms with van der Waals surface area (Å²) in [5.74, 6) is 5.72. The number of benzene rings is 1. The highest BCUT2D eigenvalue weighted by Crippen LogP contribution is 2.24. The van der Waals surface area contributed by atoms with Crippen LogP contribution < -0.4 is 11.3 Å². The molecule has 98 valence electrons. The molecule has 19 heavy (non-hydrogen) atoms. The van der Waals surface area contributed by atoms with Gasteiger partial charge < -0.3 is 5.84 Å². The molecular weight excluding hydrogens is 318 g/mol. The van der Waals surface area contributed by atoms with E-state index < -0.39 is 4.92 Å². The second-order valence-corrected chi connectivity index (χ2v) is 4.25. The Morgan fingerprint density at radius 1 is 1.58 bits per heavy atom. The lowest BCUT2D eigenvalue weighted by Crippen LogP contribution is -2.10. The van der Waals surface area contributed by atoms with E-state index in [1.165, 1.54) is 18.6 Å². The smallest absolute Gasteiger partial charge is 0.284 e. The molecule has 1 aromatic heterocycles. The highest BCUT2D eigenvalue weighted by Gasteiger charge is 2.11. The van der Waals surface area contributed by atoms with Crippen LogP contribution in [0.3, 0.4) is 0 Å². The normalized spacial score (nSPS) is 10.8. The van der Waals surface area contributed by atoms with Crippen molar-refractivity contribution in [3.63, 3.8) is 0 Å². The van der Waals surface area contributed by atoms with Crippen molar-refractivity contribution in [2.75, 3.05) is 11.3 Å². The van der Waals surface area contributed by atoms with Crippen LogP contribution in [0.1, 0.15) is 5.56 Å². The third kappa shape index (κ3) is 3.04. The summed E-state index contributed by atoms with van der Waals surface area (Å²) in [7, 11) is 0. The second-order valence-electron chi connectivity index (χ2n) is 3.40. The van der Waals surface area contributed by atoms with Gasteiger partial charge in [-0.25, -0.2) is 10.1 Å². The van der Waals surface area contributed by atoms with E-state index in [2.05, 4.69) is 36.7 Å². The van der Waals surface area contributed by atoms with Crippen LogP contribution in [-0.2, 0) is 0 Å². The molecule has 0 unspecified atom stereocenters. The van der Waals surface area contributed by atoms with Gasteiger partial charge in [0.25, 0.3) is 11.6 Å². The molecular formula is C9H8BrN7O2. The molecule has 9 nitrogen and oxygen atoms in total. The number of aromatic nitrogens is 3. The van der Waals surface area contributed by atoms with Gasteiger partial charge in [0.15, 0.2) is 0 Å². The molecule has 0 fully saturated rings. The molecule has 3 N–H and O–H groups in total. The number of hydrogen-bond acceptors (Lipinski definition) is 7. The molecule has 0 atom stereocenters. The van der Waals surface area contributed by atoms with Gasteiger partial charge in [-0.15, -0.1) is 10.2 Å². The van der Waals surface area contributed by atoms with E-state index in [-0.39, 0.29) is 11.6 Å². The number of nitro benzene ring substituents is 1. The van der Waals surface area contributed by atoms with Gasteiger partial charge in [0, 0.05) is 11.6 Å². The highest BCUT2D eigenvalue weighted by atomic mass is 79.9. The average Bonchev–Trinajstić information content (AvgIpc) is 2.77. The molecule has 1 heterocycles. The van der Waals surface area contributed by atoms with Gasteiger partial charge in [0.2, 0.25) is 0 Å². The molecule has 0 amide bonds. The second kappa shape index (κ2) is 5.44. The Morgan fingerprint density at radius 2 is 2.37 bits per heavy atom. The number of hydrogen-bond donors (Lipinski definition) is 2. The summed E-state index contributed by atoms with van der Waals surface area (Å²) in [6, 6.07) is 4.64. The van der Waals surface area contributed by atoms with Crippen molar-refractivity contribution >= 4 is 33.8 Å². The number of nitrogens with one attached hydrogen (secondary N) is 1. The minimum Gasteiger partial charge on any atom is -0.335 e. The van der Waals surface area contributed by atoms with Gasteiger partial charge in [-0.1, -0.05) is 6.07 Å². The first-order valence-electron chi connectivity index (χ1n) is 4.96. The average molecular weight is 326 g/mol. The number of anilines is 1. The zero-order valence-corrected chi connectivity index (χ0v) is 11.0. The number of nitro groups is 1. The highest BCUT2D eigenvalue weighted by molar-refractivity contribution is 9.10. The quantitative estimate of drug-likeness (QED) is 0.375. The summed E-state index contributed by atoms with van der Waals surface area (Å²) < 4.78 is 1.56. The molecule has 0 saturated heterocycles. The molecule has 0 aliphatic carbocycles. The third-order valence-electron chi connectivity index (χ3n) is 2.12. The van der Waals surface area contributed by atoms with E-state index in [0.29, 0.717) is 10.0 Å². The van der Waals surface area contributed by atoms with Gasteiger partial charge in [0.05, 0.1) is 15.6 Å². The zero-order chi connectivity index (χ0) is 13.8. The summed E-state index contributed by atoms with van der Waals surface area (Å²) in [5, 5.41) is 21.8. The Labute approximate surface area is 115 Å². The van der Waals surface area contributed by atoms with Crippen LogP contribution in [0.15, 0.2) is 34.1 Å². The van der Waals surface area contributed by atoms with Crippen molar-refractivity contribution in [3.8, 4) is 0 Å². The van der Waals surface area contributed by atoms with Crippen molar-refractivity contribution < 1.29 is 4.92 Å². The topological polar surface area (TPSA) is 124 Å². The molecule has 2 rings (SSSR count). The maximum absolute atomic E-state index is 10.8. The van der Waals surface area contributed by atoms with E-state index in [4.69, 9.17) is 5.84 Å². The molecule has 0 spiro atoms. The first-order valence-corrected chi connectivity index (χ1v) is 5.75. The monoisotopic (exact) mass is 325 g/mol. The molecule has 2 aromatic rings. The molecule has 0 bridgehead atoms. The number of hydrazone groups is 1. The summed E-state index contributed by atoms with van der Waals surface area (Å²) >= 11 is 3.10. The van der Waals surface area contributed by atoms with Crippen LogP contribution >= 0.6 is 15.9 Å². The van der Waals surface area contributed by atoms with Crippen LogP contribution in [0.5, 0.6) is 0 Å². The van der Waals surface area contributed by atoms with Gasteiger partial charge in [-0.05, 0) is 22.0 Å². The van der Waals surface area contributed by atoms with Gasteiger partial charge in [-0.2, -0.15) is 5.10 Å². The molecule has 10 heteroatoms. The standard InChI is InChI=1S/C9H8BrN7O2/c10-7-2-1-6(3-8(7)17(18)19)4-12-14-9-15-13-5-16(9)11/h1-5H,11H2,(H,14,15)/b12-4+. The number of nitrogen functional groups attached to an aromatic ring is 1. The maximum Gasteiger partial charge on any atom is 0.284 e. The van der Waals surface area contributed by atoms with Crippen LogP contribution in [0.4, 0.5) is 11.6 Å². The van der Waals surface area contributed by atoms with Gasteiger partial charge >= 0.3 is 0 Å². The van der Waals surface area contributed by atoms with Gasteiger partial charge in [-0.3, -0.25) is 10.1 Å². The molecule has 0 saturated carbocycles. The van der Waals surface area contributed by atoms with Crippen LogP contribution in [0.25, 0.3) is 0 Å². The number of rotatable bonds is 4. The van der Waals surface area contributed by atoms with Crippen LogP contribution in [0, 0.1) is 10.1 Å². The maximum atomic E-state index is 10.8. The molecule has 0 radical (unpaired) electrons. The Balaban J connectivity index is 2.13. The number of halogens is 1. The minimum atomic E-state index is -0.481. The number of nitrogens with zero attached hydrogens (tertiary/aromatic N) is 5. The molecule has 0 aliphatic heterocycles. The summed E-state index contributed by atoms with van der Waals surface area (Å²) in [6.07, 6.45) is 2.72. The van der Waals surface area contributed by atoms with Crippen molar-refractivity contribution in [2.45, 2.75) is 0 Å². The van der Waals surface area contributed by atoms with Crippen molar-refractivity contribution in [1.82, 2.24) is 14.9 Å². The van der Waals surface area contributed by atoms with E-state index >= 15 is 0 Å². The summed E-state index contributed by atoms with van der Waals surface area (Å²) in [4.78, 5) is 10.3. The first-order chi connectivity index (χ1) is 9.08. The third-order valence-corrected chi connectivity index (χ3v) is 2.79. The number of nitrogens with two attached hydrogens (primary N) is 1. The van der Waals surface area contributed by atoms with E-state index in [1.54, 1.807) is 12.1 Å². The first kappa shape index (κ1) is 13.0.